The minimum absolute atomic E-state index is 0.417. The van der Waals surface area contributed by atoms with Crippen molar-refractivity contribution >= 4 is 0 Å². The standard InChI is InChI=1S/C4H12N.C3H7O/c1-5(2,3)4;1-3(2)4/h1-4H3;3H,1-2H3/q+1;-1. The lowest BCUT2D eigenvalue weighted by Gasteiger charge is -2.14. The first-order chi connectivity index (χ1) is 3.73. The first-order valence-electron chi connectivity index (χ1n) is 3.18. The first-order valence-corrected chi connectivity index (χ1v) is 3.18. The molecule has 0 aliphatic carbocycles. The normalized spacial score (nSPS) is 10.7. The van der Waals surface area contributed by atoms with Crippen molar-refractivity contribution < 1.29 is 9.59 Å². The van der Waals surface area contributed by atoms with Gasteiger partial charge in [-0.2, -0.15) is 0 Å². The molecule has 0 saturated heterocycles. The van der Waals surface area contributed by atoms with Crippen LogP contribution in [0.15, 0.2) is 0 Å². The summed E-state index contributed by atoms with van der Waals surface area (Å²) in [5.74, 6) is 0. The van der Waals surface area contributed by atoms with Crippen LogP contribution in [0, 0.1) is 0 Å². The molecule has 0 spiro atoms. The molecule has 0 radical (unpaired) electrons. The molecule has 0 amide bonds. The first kappa shape index (κ1) is 11.7. The van der Waals surface area contributed by atoms with Crippen molar-refractivity contribution in [1.82, 2.24) is 0 Å². The molecule has 2 nitrogen and oxygen atoms in total. The molecule has 0 unspecified atom stereocenters. The van der Waals surface area contributed by atoms with Crippen molar-refractivity contribution in [2.45, 2.75) is 20.0 Å². The Morgan fingerprint density at radius 1 is 1.00 bits per heavy atom. The quantitative estimate of drug-likeness (QED) is 0.429. The second-order valence-electron chi connectivity index (χ2n) is 3.73. The van der Waals surface area contributed by atoms with E-state index < -0.39 is 6.10 Å². The fourth-order valence-electron chi connectivity index (χ4n) is 0. The third-order valence-electron chi connectivity index (χ3n) is 0. The highest BCUT2D eigenvalue weighted by Gasteiger charge is 1.88. The fraction of sp³-hybridized carbons (Fsp3) is 1.00. The van der Waals surface area contributed by atoms with Gasteiger partial charge in [-0.3, -0.25) is 0 Å². The highest BCUT2D eigenvalue weighted by molar-refractivity contribution is 4.17. The average Bonchev–Trinajstić information content (AvgIpc) is 1.19. The summed E-state index contributed by atoms with van der Waals surface area (Å²) in [6.07, 6.45) is -0.417. The second kappa shape index (κ2) is 4.77. The molecule has 0 rings (SSSR count). The maximum atomic E-state index is 9.53. The minimum atomic E-state index is -0.417. The van der Waals surface area contributed by atoms with Gasteiger partial charge in [0.1, 0.15) is 0 Å². The van der Waals surface area contributed by atoms with E-state index in [1.165, 1.54) is 0 Å². The minimum Gasteiger partial charge on any atom is -0.852 e. The molecule has 9 heavy (non-hydrogen) atoms. The van der Waals surface area contributed by atoms with Crippen molar-refractivity contribution in [3.05, 3.63) is 0 Å². The molecular formula is C7H19NO. The van der Waals surface area contributed by atoms with Crippen LogP contribution in [0.4, 0.5) is 0 Å². The summed E-state index contributed by atoms with van der Waals surface area (Å²) in [7, 11) is 8.50. The van der Waals surface area contributed by atoms with Crippen LogP contribution in [0.25, 0.3) is 0 Å². The Kier molecular flexibility index (Phi) is 6.19. The van der Waals surface area contributed by atoms with Gasteiger partial charge in [-0.15, -0.1) is 6.10 Å². The average molecular weight is 133 g/mol. The van der Waals surface area contributed by atoms with Gasteiger partial charge in [0.15, 0.2) is 0 Å². The summed E-state index contributed by atoms with van der Waals surface area (Å²) >= 11 is 0. The lowest BCUT2D eigenvalue weighted by atomic mass is 10.5. The Hall–Kier alpha value is -0.0800. The smallest absolute Gasteiger partial charge is 0.0675 e. The zero-order valence-electron chi connectivity index (χ0n) is 7.43. The zero-order chi connectivity index (χ0) is 8.08. The molecule has 0 aliphatic rings. The molecule has 0 N–H and O–H groups in total. The third kappa shape index (κ3) is 43400. The predicted octanol–water partition coefficient (Wildman–Crippen LogP) is 0.0775. The van der Waals surface area contributed by atoms with E-state index in [0.29, 0.717) is 0 Å². The summed E-state index contributed by atoms with van der Waals surface area (Å²) in [5, 5.41) is 9.53. The maximum absolute atomic E-state index is 9.53. The summed E-state index contributed by atoms with van der Waals surface area (Å²) in [5.41, 5.74) is 0. The van der Waals surface area contributed by atoms with Crippen molar-refractivity contribution in [2.75, 3.05) is 28.2 Å². The van der Waals surface area contributed by atoms with E-state index in [1.807, 2.05) is 0 Å². The van der Waals surface area contributed by atoms with Gasteiger partial charge < -0.3 is 9.59 Å². The van der Waals surface area contributed by atoms with Gasteiger partial charge in [-0.1, -0.05) is 13.8 Å². The highest BCUT2D eigenvalue weighted by atomic mass is 16.3. The molecule has 0 aromatic carbocycles. The Morgan fingerprint density at radius 3 is 1.00 bits per heavy atom. The number of hydrogen-bond donors (Lipinski definition) is 0. The van der Waals surface area contributed by atoms with Crippen LogP contribution in [-0.4, -0.2) is 38.8 Å². The van der Waals surface area contributed by atoms with Gasteiger partial charge in [-0.25, -0.2) is 0 Å². The van der Waals surface area contributed by atoms with Crippen LogP contribution >= 0.6 is 0 Å². The Labute approximate surface area is 58.7 Å². The number of rotatable bonds is 0. The topological polar surface area (TPSA) is 23.1 Å². The molecule has 0 saturated carbocycles. The second-order valence-corrected chi connectivity index (χ2v) is 3.73. The third-order valence-corrected chi connectivity index (χ3v) is 0. The molecule has 0 fully saturated rings. The summed E-state index contributed by atoms with van der Waals surface area (Å²) in [6.45, 7) is 3.22. The predicted molar refractivity (Wildman–Crippen MR) is 39.1 cm³/mol. The van der Waals surface area contributed by atoms with Gasteiger partial charge in [0.05, 0.1) is 28.2 Å². The van der Waals surface area contributed by atoms with Gasteiger partial charge in [0.25, 0.3) is 0 Å². The molecule has 58 valence electrons. The Bertz CT molecular complexity index is 45.7. The van der Waals surface area contributed by atoms with Crippen LogP contribution in [-0.2, 0) is 0 Å². The highest BCUT2D eigenvalue weighted by Crippen LogP contribution is 1.73. The summed E-state index contributed by atoms with van der Waals surface area (Å²) in [6, 6.07) is 0. The monoisotopic (exact) mass is 133 g/mol. The largest absolute Gasteiger partial charge is 0.852 e. The molecular weight excluding hydrogens is 114 g/mol. The number of hydrogen-bond acceptors (Lipinski definition) is 1. The Morgan fingerprint density at radius 2 is 1.00 bits per heavy atom. The van der Waals surface area contributed by atoms with Crippen LogP contribution in [0.5, 0.6) is 0 Å². The SMILES string of the molecule is CC(C)[O-].C[N+](C)(C)C. The van der Waals surface area contributed by atoms with Gasteiger partial charge in [0, 0.05) is 0 Å². The van der Waals surface area contributed by atoms with E-state index in [1.54, 1.807) is 13.8 Å². The van der Waals surface area contributed by atoms with E-state index >= 15 is 0 Å². The molecule has 0 heterocycles. The van der Waals surface area contributed by atoms with E-state index in [9.17, 15) is 5.11 Å². The number of quaternary nitrogens is 1. The van der Waals surface area contributed by atoms with E-state index in [0.717, 1.165) is 4.48 Å². The van der Waals surface area contributed by atoms with Crippen molar-refractivity contribution in [2.24, 2.45) is 0 Å². The summed E-state index contributed by atoms with van der Waals surface area (Å²) < 4.78 is 1.00. The fourth-order valence-corrected chi connectivity index (χ4v) is 0. The molecule has 2 heteroatoms. The lowest BCUT2D eigenvalue weighted by Crippen LogP contribution is -2.27. The molecule has 0 bridgehead atoms. The van der Waals surface area contributed by atoms with Crippen LogP contribution < -0.4 is 5.11 Å². The van der Waals surface area contributed by atoms with E-state index in [2.05, 4.69) is 28.2 Å². The number of nitrogens with zero attached hydrogens (tertiary/aromatic N) is 1. The van der Waals surface area contributed by atoms with E-state index in [4.69, 9.17) is 0 Å². The van der Waals surface area contributed by atoms with Crippen molar-refractivity contribution in [1.29, 1.82) is 0 Å². The molecule has 0 aromatic heterocycles. The van der Waals surface area contributed by atoms with Crippen LogP contribution in [0.3, 0.4) is 0 Å². The van der Waals surface area contributed by atoms with Gasteiger partial charge in [0.2, 0.25) is 0 Å². The van der Waals surface area contributed by atoms with E-state index in [-0.39, 0.29) is 0 Å². The molecule has 0 aliphatic heterocycles. The lowest BCUT2D eigenvalue weighted by molar-refractivity contribution is -0.849. The van der Waals surface area contributed by atoms with Gasteiger partial charge in [-0.05, 0) is 0 Å². The summed E-state index contributed by atoms with van der Waals surface area (Å²) in [4.78, 5) is 0. The zero-order valence-corrected chi connectivity index (χ0v) is 7.43. The van der Waals surface area contributed by atoms with Gasteiger partial charge >= 0.3 is 0 Å². The molecule has 0 atom stereocenters. The maximum Gasteiger partial charge on any atom is 0.0675 e. The Balaban J connectivity index is 0. The molecule has 0 aromatic rings. The van der Waals surface area contributed by atoms with Crippen molar-refractivity contribution in [3.8, 4) is 0 Å². The van der Waals surface area contributed by atoms with Crippen molar-refractivity contribution in [3.63, 3.8) is 0 Å². The van der Waals surface area contributed by atoms with Crippen LogP contribution in [0.1, 0.15) is 13.8 Å². The van der Waals surface area contributed by atoms with Crippen LogP contribution in [0.2, 0.25) is 0 Å².